The summed E-state index contributed by atoms with van der Waals surface area (Å²) in [6.07, 6.45) is 1.17. The third-order valence-electron chi connectivity index (χ3n) is 3.24. The number of nitrogens with one attached hydrogen (secondary N) is 1. The molecule has 102 valence electrons. The fourth-order valence-electron chi connectivity index (χ4n) is 2.19. The Morgan fingerprint density at radius 2 is 1.43 bits per heavy atom. The minimum Gasteiger partial charge on any atom is -0.319 e. The molecule has 0 aliphatic heterocycles. The standard InChI is InChI=1S/C17H11NO3/c19-15-10-14(16(20)13-9-5-4-8-12(13)15)18-17(21)11-6-2-1-3-7-11/h1-10H,(H,18,21). The number of benzene rings is 2. The lowest BCUT2D eigenvalue weighted by Gasteiger charge is -2.15. The summed E-state index contributed by atoms with van der Waals surface area (Å²) in [7, 11) is 0. The molecule has 0 heterocycles. The van der Waals surface area contributed by atoms with Crippen LogP contribution in [0, 0.1) is 0 Å². The average molecular weight is 277 g/mol. The van der Waals surface area contributed by atoms with Crippen LogP contribution in [0.4, 0.5) is 0 Å². The topological polar surface area (TPSA) is 63.2 Å². The van der Waals surface area contributed by atoms with Gasteiger partial charge in [0.1, 0.15) is 0 Å². The predicted octanol–water partition coefficient (Wildman–Crippen LogP) is 2.38. The number of hydrogen-bond donors (Lipinski definition) is 1. The zero-order valence-electron chi connectivity index (χ0n) is 11.0. The number of hydrogen-bond acceptors (Lipinski definition) is 3. The van der Waals surface area contributed by atoms with Gasteiger partial charge in [-0.3, -0.25) is 14.4 Å². The summed E-state index contributed by atoms with van der Waals surface area (Å²) in [5.74, 6) is -1.05. The van der Waals surface area contributed by atoms with E-state index in [0.717, 1.165) is 0 Å². The van der Waals surface area contributed by atoms with Crippen LogP contribution in [0.25, 0.3) is 0 Å². The first-order chi connectivity index (χ1) is 10.2. The van der Waals surface area contributed by atoms with E-state index in [1.165, 1.54) is 6.08 Å². The lowest BCUT2D eigenvalue weighted by molar-refractivity contribution is 0.0924. The number of carbonyl (C=O) groups is 3. The maximum atomic E-state index is 12.3. The largest absolute Gasteiger partial charge is 0.319 e. The first-order valence-electron chi connectivity index (χ1n) is 6.43. The quantitative estimate of drug-likeness (QED) is 0.916. The molecule has 1 aliphatic carbocycles. The summed E-state index contributed by atoms with van der Waals surface area (Å²) in [6, 6.07) is 15.1. The molecule has 0 saturated carbocycles. The molecule has 0 atom stereocenters. The molecule has 1 N–H and O–H groups in total. The molecule has 0 radical (unpaired) electrons. The number of rotatable bonds is 2. The fourth-order valence-corrected chi connectivity index (χ4v) is 2.19. The molecular formula is C17H11NO3. The summed E-state index contributed by atoms with van der Waals surface area (Å²) in [5.41, 5.74) is 1.11. The van der Waals surface area contributed by atoms with E-state index in [1.807, 2.05) is 0 Å². The minimum atomic E-state index is -0.414. The van der Waals surface area contributed by atoms with Crippen LogP contribution < -0.4 is 5.32 Å². The lowest BCUT2D eigenvalue weighted by atomic mass is 9.92. The lowest BCUT2D eigenvalue weighted by Crippen LogP contribution is -2.31. The van der Waals surface area contributed by atoms with E-state index >= 15 is 0 Å². The van der Waals surface area contributed by atoms with Gasteiger partial charge in [0.2, 0.25) is 5.78 Å². The Balaban J connectivity index is 1.90. The second kappa shape index (κ2) is 5.17. The van der Waals surface area contributed by atoms with Crippen molar-refractivity contribution < 1.29 is 14.4 Å². The Bertz CT molecular complexity index is 776. The van der Waals surface area contributed by atoms with Gasteiger partial charge in [-0.25, -0.2) is 0 Å². The van der Waals surface area contributed by atoms with Crippen LogP contribution in [-0.2, 0) is 0 Å². The van der Waals surface area contributed by atoms with Crippen LogP contribution in [0.15, 0.2) is 66.4 Å². The van der Waals surface area contributed by atoms with E-state index in [4.69, 9.17) is 0 Å². The maximum absolute atomic E-state index is 12.3. The summed E-state index contributed by atoms with van der Waals surface area (Å²) >= 11 is 0. The van der Waals surface area contributed by atoms with Crippen LogP contribution >= 0.6 is 0 Å². The van der Waals surface area contributed by atoms with Gasteiger partial charge in [-0.2, -0.15) is 0 Å². The molecule has 0 bridgehead atoms. The molecule has 1 aliphatic rings. The molecule has 2 aromatic carbocycles. The van der Waals surface area contributed by atoms with Crippen molar-refractivity contribution in [1.29, 1.82) is 0 Å². The molecule has 3 rings (SSSR count). The van der Waals surface area contributed by atoms with Crippen molar-refractivity contribution in [2.45, 2.75) is 0 Å². The Morgan fingerprint density at radius 1 is 0.810 bits per heavy atom. The first-order valence-corrected chi connectivity index (χ1v) is 6.43. The molecular weight excluding hydrogens is 266 g/mol. The molecule has 1 amide bonds. The second-order valence-electron chi connectivity index (χ2n) is 4.62. The van der Waals surface area contributed by atoms with Crippen LogP contribution in [-0.4, -0.2) is 17.5 Å². The van der Waals surface area contributed by atoms with Crippen LogP contribution in [0.2, 0.25) is 0 Å². The molecule has 21 heavy (non-hydrogen) atoms. The number of allylic oxidation sites excluding steroid dienone is 2. The summed E-state index contributed by atoms with van der Waals surface area (Å²) in [6.45, 7) is 0. The molecule has 4 nitrogen and oxygen atoms in total. The number of ketones is 2. The predicted molar refractivity (Wildman–Crippen MR) is 77.1 cm³/mol. The van der Waals surface area contributed by atoms with Crippen molar-refractivity contribution in [3.63, 3.8) is 0 Å². The molecule has 0 spiro atoms. The molecule has 0 fully saturated rings. The average Bonchev–Trinajstić information content (AvgIpc) is 2.53. The van der Waals surface area contributed by atoms with Gasteiger partial charge >= 0.3 is 0 Å². The number of fused-ring (bicyclic) bond motifs is 1. The van der Waals surface area contributed by atoms with Crippen LogP contribution in [0.3, 0.4) is 0 Å². The van der Waals surface area contributed by atoms with E-state index in [0.29, 0.717) is 16.7 Å². The van der Waals surface area contributed by atoms with Crippen LogP contribution in [0.5, 0.6) is 0 Å². The Kier molecular flexibility index (Phi) is 3.20. The highest BCUT2D eigenvalue weighted by molar-refractivity contribution is 6.25. The third kappa shape index (κ3) is 2.39. The van der Waals surface area contributed by atoms with E-state index in [2.05, 4.69) is 5.32 Å². The monoisotopic (exact) mass is 277 g/mol. The van der Waals surface area contributed by atoms with Crippen molar-refractivity contribution in [2.24, 2.45) is 0 Å². The number of Topliss-reactive ketones (excluding diaryl/α,β-unsaturated/α-hetero) is 1. The maximum Gasteiger partial charge on any atom is 0.255 e. The summed E-state index contributed by atoms with van der Waals surface area (Å²) in [4.78, 5) is 36.3. The van der Waals surface area contributed by atoms with E-state index in [9.17, 15) is 14.4 Å². The van der Waals surface area contributed by atoms with Gasteiger partial charge in [-0.15, -0.1) is 0 Å². The zero-order valence-corrected chi connectivity index (χ0v) is 11.0. The Morgan fingerprint density at radius 3 is 2.14 bits per heavy atom. The van der Waals surface area contributed by atoms with Gasteiger partial charge < -0.3 is 5.32 Å². The number of carbonyl (C=O) groups excluding carboxylic acids is 3. The van der Waals surface area contributed by atoms with Gasteiger partial charge in [0.25, 0.3) is 5.91 Å². The smallest absolute Gasteiger partial charge is 0.255 e. The Hall–Kier alpha value is -3.01. The van der Waals surface area contributed by atoms with Gasteiger partial charge in [0.15, 0.2) is 5.78 Å². The highest BCUT2D eigenvalue weighted by Gasteiger charge is 2.26. The van der Waals surface area contributed by atoms with Gasteiger partial charge in [0.05, 0.1) is 5.70 Å². The first kappa shape index (κ1) is 13.0. The van der Waals surface area contributed by atoms with E-state index in [-0.39, 0.29) is 17.3 Å². The van der Waals surface area contributed by atoms with Crippen LogP contribution in [0.1, 0.15) is 31.1 Å². The fraction of sp³-hybridized carbons (Fsp3) is 0. The van der Waals surface area contributed by atoms with E-state index in [1.54, 1.807) is 54.6 Å². The zero-order chi connectivity index (χ0) is 14.8. The van der Waals surface area contributed by atoms with Gasteiger partial charge in [-0.1, -0.05) is 42.5 Å². The van der Waals surface area contributed by atoms with Crippen molar-refractivity contribution in [3.8, 4) is 0 Å². The molecule has 2 aromatic rings. The summed E-state index contributed by atoms with van der Waals surface area (Å²) in [5, 5.41) is 2.51. The molecule has 0 saturated heterocycles. The van der Waals surface area contributed by atoms with Crippen molar-refractivity contribution >= 4 is 17.5 Å². The molecule has 4 heteroatoms. The van der Waals surface area contributed by atoms with Crippen molar-refractivity contribution in [3.05, 3.63) is 83.1 Å². The molecule has 0 unspecified atom stereocenters. The van der Waals surface area contributed by atoms with Gasteiger partial charge in [-0.05, 0) is 12.1 Å². The highest BCUT2D eigenvalue weighted by Crippen LogP contribution is 2.20. The SMILES string of the molecule is O=C(NC1=CC(=O)c2ccccc2C1=O)c1ccccc1. The van der Waals surface area contributed by atoms with E-state index < -0.39 is 5.91 Å². The molecule has 0 aromatic heterocycles. The summed E-state index contributed by atoms with van der Waals surface area (Å²) < 4.78 is 0. The van der Waals surface area contributed by atoms with Gasteiger partial charge in [0, 0.05) is 22.8 Å². The normalized spacial score (nSPS) is 13.4. The highest BCUT2D eigenvalue weighted by atomic mass is 16.2. The Labute approximate surface area is 121 Å². The number of amides is 1. The van der Waals surface area contributed by atoms with Crippen molar-refractivity contribution in [1.82, 2.24) is 5.32 Å². The third-order valence-corrected chi connectivity index (χ3v) is 3.24. The van der Waals surface area contributed by atoms with Crippen molar-refractivity contribution in [2.75, 3.05) is 0 Å². The second-order valence-corrected chi connectivity index (χ2v) is 4.62. The minimum absolute atomic E-state index is 0.00699.